The number of methoxy groups -OCH3 is 2. The summed E-state index contributed by atoms with van der Waals surface area (Å²) in [5, 5.41) is 2.76. The largest absolute Gasteiger partial charge is 0.493 e. The molecule has 1 aliphatic rings. The molecule has 2 amide bonds. The monoisotopic (exact) mass is 457 g/mol. The van der Waals surface area contributed by atoms with Crippen LogP contribution in [0, 0.1) is 5.82 Å². The van der Waals surface area contributed by atoms with Gasteiger partial charge < -0.3 is 24.3 Å². The van der Waals surface area contributed by atoms with Crippen LogP contribution in [0.4, 0.5) is 14.9 Å². The van der Waals surface area contributed by atoms with Crippen LogP contribution in [-0.4, -0.2) is 29.7 Å². The van der Waals surface area contributed by atoms with Crippen molar-refractivity contribution >= 4 is 11.7 Å². The molecular weight excluding hydrogens is 433 g/mol. The van der Waals surface area contributed by atoms with Crippen LogP contribution in [0.1, 0.15) is 22.9 Å². The molecule has 0 saturated heterocycles. The Bertz CT molecular complexity index is 1350. The summed E-state index contributed by atoms with van der Waals surface area (Å²) in [4.78, 5) is 15.4. The smallest absolute Gasteiger partial charge is 0.323 e. The van der Waals surface area contributed by atoms with E-state index in [0.717, 1.165) is 22.5 Å². The zero-order valence-corrected chi connectivity index (χ0v) is 18.9. The molecule has 0 fully saturated rings. The number of hydrogen-bond donors (Lipinski definition) is 1. The molecular formula is C27H24FN3O3. The third kappa shape index (κ3) is 3.75. The fourth-order valence-corrected chi connectivity index (χ4v) is 4.46. The number of urea groups is 1. The van der Waals surface area contributed by atoms with E-state index >= 15 is 0 Å². The Morgan fingerprint density at radius 1 is 0.941 bits per heavy atom. The number of halogens is 1. The van der Waals surface area contributed by atoms with Gasteiger partial charge in [0.2, 0.25) is 0 Å². The highest BCUT2D eigenvalue weighted by Gasteiger charge is 2.33. The van der Waals surface area contributed by atoms with Gasteiger partial charge in [-0.2, -0.15) is 0 Å². The number of benzene rings is 3. The molecule has 5 rings (SSSR count). The predicted molar refractivity (Wildman–Crippen MR) is 128 cm³/mol. The zero-order chi connectivity index (χ0) is 23.7. The van der Waals surface area contributed by atoms with E-state index in [-0.39, 0.29) is 5.69 Å². The van der Waals surface area contributed by atoms with Crippen molar-refractivity contribution in [2.24, 2.45) is 0 Å². The van der Waals surface area contributed by atoms with Gasteiger partial charge in [-0.05, 0) is 53.6 Å². The van der Waals surface area contributed by atoms with Gasteiger partial charge in [0, 0.05) is 11.9 Å². The number of ether oxygens (including phenoxy) is 2. The molecule has 0 radical (unpaired) electrons. The lowest BCUT2D eigenvalue weighted by Crippen LogP contribution is -2.38. The molecule has 172 valence electrons. The Labute approximate surface area is 197 Å². The van der Waals surface area contributed by atoms with Crippen molar-refractivity contribution in [3.8, 4) is 17.2 Å². The topological polar surface area (TPSA) is 55.7 Å². The molecule has 0 unspecified atom stereocenters. The summed E-state index contributed by atoms with van der Waals surface area (Å²) in [5.74, 6) is 0.673. The first-order valence-electron chi connectivity index (χ1n) is 10.9. The van der Waals surface area contributed by atoms with Crippen molar-refractivity contribution in [2.75, 3.05) is 19.5 Å². The second kappa shape index (κ2) is 8.94. The van der Waals surface area contributed by atoms with Crippen molar-refractivity contribution < 1.29 is 18.7 Å². The van der Waals surface area contributed by atoms with Crippen LogP contribution in [0.15, 0.2) is 85.1 Å². The van der Waals surface area contributed by atoms with E-state index in [0.29, 0.717) is 18.0 Å². The highest BCUT2D eigenvalue weighted by molar-refractivity contribution is 5.90. The Hall–Kier alpha value is -4.26. The number of aromatic nitrogens is 1. The minimum Gasteiger partial charge on any atom is -0.493 e. The minimum atomic E-state index is -0.489. The molecule has 0 aliphatic carbocycles. The third-order valence-electron chi connectivity index (χ3n) is 6.06. The number of nitrogens with one attached hydrogen (secondary N) is 1. The van der Waals surface area contributed by atoms with Gasteiger partial charge >= 0.3 is 6.03 Å². The van der Waals surface area contributed by atoms with Crippen molar-refractivity contribution in [3.63, 3.8) is 0 Å². The number of rotatable bonds is 4. The number of nitrogens with zero attached hydrogens (tertiary/aromatic N) is 2. The van der Waals surface area contributed by atoms with Crippen molar-refractivity contribution in [1.29, 1.82) is 0 Å². The Morgan fingerprint density at radius 2 is 1.71 bits per heavy atom. The summed E-state index contributed by atoms with van der Waals surface area (Å²) in [6.07, 6.45) is 1.99. The molecule has 2 heterocycles. The molecule has 3 aromatic carbocycles. The van der Waals surface area contributed by atoms with Crippen LogP contribution in [0.2, 0.25) is 0 Å². The van der Waals surface area contributed by atoms with Crippen LogP contribution in [0.3, 0.4) is 0 Å². The second-order valence-corrected chi connectivity index (χ2v) is 7.99. The van der Waals surface area contributed by atoms with E-state index in [9.17, 15) is 9.18 Å². The second-order valence-electron chi connectivity index (χ2n) is 7.99. The van der Waals surface area contributed by atoms with E-state index in [1.165, 1.54) is 6.07 Å². The molecule has 34 heavy (non-hydrogen) atoms. The number of amides is 2. The maximum atomic E-state index is 14.4. The molecule has 1 N–H and O–H groups in total. The maximum absolute atomic E-state index is 14.4. The van der Waals surface area contributed by atoms with Gasteiger partial charge in [-0.25, -0.2) is 9.18 Å². The number of fused-ring (bicyclic) bond motifs is 3. The third-order valence-corrected chi connectivity index (χ3v) is 6.06. The van der Waals surface area contributed by atoms with Crippen LogP contribution in [-0.2, 0) is 6.54 Å². The van der Waals surface area contributed by atoms with Gasteiger partial charge in [0.15, 0.2) is 11.5 Å². The van der Waals surface area contributed by atoms with Crippen LogP contribution >= 0.6 is 0 Å². The van der Waals surface area contributed by atoms with Gasteiger partial charge in [0.1, 0.15) is 5.82 Å². The van der Waals surface area contributed by atoms with Gasteiger partial charge in [-0.3, -0.25) is 0 Å². The standard InChI is InChI=1S/C27H24FN3O3/c1-33-24-14-13-18(16-25(24)34-2)26-23-12-7-15-30(23)22-11-6-3-8-19(22)17-31(26)27(32)29-21-10-5-4-9-20(21)28/h3-16,26H,17H2,1-2H3,(H,29,32)/t26-/m0/s1. The summed E-state index contributed by atoms with van der Waals surface area (Å²) >= 11 is 0. The molecule has 0 spiro atoms. The van der Waals surface area contributed by atoms with Gasteiger partial charge in [0.25, 0.3) is 0 Å². The summed E-state index contributed by atoms with van der Waals surface area (Å²) < 4.78 is 27.4. The Balaban J connectivity index is 1.66. The zero-order valence-electron chi connectivity index (χ0n) is 18.9. The molecule has 4 aromatic rings. The van der Waals surface area contributed by atoms with Crippen LogP contribution < -0.4 is 14.8 Å². The Morgan fingerprint density at radius 3 is 2.50 bits per heavy atom. The summed E-state index contributed by atoms with van der Waals surface area (Å²) in [7, 11) is 3.16. The first-order valence-corrected chi connectivity index (χ1v) is 10.9. The summed E-state index contributed by atoms with van der Waals surface area (Å²) in [6, 6.07) is 22.8. The lowest BCUT2D eigenvalue weighted by Gasteiger charge is -2.31. The average molecular weight is 458 g/mol. The van der Waals surface area contributed by atoms with Crippen LogP contribution in [0.25, 0.3) is 5.69 Å². The van der Waals surface area contributed by atoms with E-state index in [2.05, 4.69) is 9.88 Å². The molecule has 1 aliphatic heterocycles. The Kier molecular flexibility index (Phi) is 5.67. The van der Waals surface area contributed by atoms with E-state index < -0.39 is 17.9 Å². The average Bonchev–Trinajstić information content (AvgIpc) is 3.29. The molecule has 1 aromatic heterocycles. The van der Waals surface area contributed by atoms with E-state index in [1.54, 1.807) is 37.3 Å². The summed E-state index contributed by atoms with van der Waals surface area (Å²) in [6.45, 7) is 0.331. The highest BCUT2D eigenvalue weighted by Crippen LogP contribution is 2.39. The molecule has 0 saturated carbocycles. The minimum absolute atomic E-state index is 0.131. The number of anilines is 1. The fourth-order valence-electron chi connectivity index (χ4n) is 4.46. The van der Waals surface area contributed by atoms with E-state index in [1.807, 2.05) is 60.8 Å². The van der Waals surface area contributed by atoms with Crippen molar-refractivity contribution in [2.45, 2.75) is 12.6 Å². The highest BCUT2D eigenvalue weighted by atomic mass is 19.1. The first kappa shape index (κ1) is 21.6. The molecule has 7 heteroatoms. The predicted octanol–water partition coefficient (Wildman–Crippen LogP) is 5.77. The van der Waals surface area contributed by atoms with Gasteiger partial charge in [0.05, 0.1) is 38.2 Å². The van der Waals surface area contributed by atoms with Crippen LogP contribution in [0.5, 0.6) is 11.5 Å². The van der Waals surface area contributed by atoms with Crippen molar-refractivity contribution in [3.05, 3.63) is 108 Å². The SMILES string of the molecule is COc1ccc([C@H]2c3cccn3-c3ccccc3CN2C(=O)Nc2ccccc2F)cc1OC. The fraction of sp³-hybridized carbons (Fsp3) is 0.148. The number of para-hydroxylation sites is 2. The summed E-state index contributed by atoms with van der Waals surface area (Å²) in [5.41, 5.74) is 3.85. The first-order chi connectivity index (χ1) is 16.6. The number of carbonyl (C=O) groups excluding carboxylic acids is 1. The van der Waals surface area contributed by atoms with Gasteiger partial charge in [-0.15, -0.1) is 0 Å². The lowest BCUT2D eigenvalue weighted by molar-refractivity contribution is 0.194. The van der Waals surface area contributed by atoms with Gasteiger partial charge in [-0.1, -0.05) is 36.4 Å². The molecule has 6 nitrogen and oxygen atoms in total. The normalized spacial score (nSPS) is 14.6. The quantitative estimate of drug-likeness (QED) is 0.423. The molecule has 1 atom stereocenters. The number of carbonyl (C=O) groups is 1. The van der Waals surface area contributed by atoms with Crippen molar-refractivity contribution in [1.82, 2.24) is 9.47 Å². The number of hydrogen-bond acceptors (Lipinski definition) is 3. The maximum Gasteiger partial charge on any atom is 0.323 e. The lowest BCUT2D eigenvalue weighted by atomic mass is 10.0. The molecule has 0 bridgehead atoms. The van der Waals surface area contributed by atoms with E-state index in [4.69, 9.17) is 9.47 Å².